The lowest BCUT2D eigenvalue weighted by Crippen LogP contribution is -2.34. The average molecular weight is 392 g/mol. The van der Waals surface area contributed by atoms with Gasteiger partial charge in [-0.3, -0.25) is 15.5 Å². The molecule has 0 unspecified atom stereocenters. The quantitative estimate of drug-likeness (QED) is 0.402. The first-order valence-electron chi connectivity index (χ1n) is 6.55. The van der Waals surface area contributed by atoms with E-state index in [9.17, 15) is 9.59 Å². The van der Waals surface area contributed by atoms with Crippen LogP contribution in [0.4, 0.5) is 10.5 Å². The number of nitrogens with zero attached hydrogens (tertiary/aromatic N) is 1. The SMILES string of the molecule is CCOC(=O)NC(=O)C(C#N)=C(C)NNc1c(Cl)cc(Cl)cc1Cl. The molecule has 0 fully saturated rings. The Morgan fingerprint density at radius 3 is 2.33 bits per heavy atom. The zero-order valence-electron chi connectivity index (χ0n) is 12.7. The molecular weight excluding hydrogens is 379 g/mol. The lowest BCUT2D eigenvalue weighted by molar-refractivity contribution is -0.116. The molecule has 0 bridgehead atoms. The van der Waals surface area contributed by atoms with Crippen molar-refractivity contribution in [2.45, 2.75) is 13.8 Å². The number of carbonyl (C=O) groups excluding carboxylic acids is 2. The summed E-state index contributed by atoms with van der Waals surface area (Å²) in [4.78, 5) is 23.1. The van der Waals surface area contributed by atoms with E-state index in [2.05, 4.69) is 15.6 Å². The van der Waals surface area contributed by atoms with Crippen LogP contribution in [0.25, 0.3) is 0 Å². The molecule has 0 aromatic heterocycles. The van der Waals surface area contributed by atoms with E-state index in [1.165, 1.54) is 19.1 Å². The van der Waals surface area contributed by atoms with Gasteiger partial charge >= 0.3 is 6.09 Å². The molecule has 0 aliphatic heterocycles. The van der Waals surface area contributed by atoms with E-state index >= 15 is 0 Å². The van der Waals surface area contributed by atoms with Gasteiger partial charge in [0.2, 0.25) is 0 Å². The number of hydrogen-bond acceptors (Lipinski definition) is 6. The molecule has 1 aromatic carbocycles. The van der Waals surface area contributed by atoms with E-state index in [1.807, 2.05) is 5.32 Å². The van der Waals surface area contributed by atoms with Gasteiger partial charge in [-0.25, -0.2) is 4.79 Å². The zero-order chi connectivity index (χ0) is 18.3. The monoisotopic (exact) mass is 390 g/mol. The van der Waals surface area contributed by atoms with Crippen molar-refractivity contribution in [3.05, 3.63) is 38.5 Å². The number of nitrogens with one attached hydrogen (secondary N) is 3. The lowest BCUT2D eigenvalue weighted by Gasteiger charge is -2.14. The van der Waals surface area contributed by atoms with Crippen molar-refractivity contribution >= 4 is 52.5 Å². The maximum absolute atomic E-state index is 11.9. The molecule has 0 aliphatic rings. The van der Waals surface area contributed by atoms with Crippen molar-refractivity contribution in [2.24, 2.45) is 0 Å². The third-order valence-corrected chi connectivity index (χ3v) is 3.40. The summed E-state index contributed by atoms with van der Waals surface area (Å²) in [5, 5.41) is 11.8. The molecule has 0 heterocycles. The van der Waals surface area contributed by atoms with E-state index in [0.29, 0.717) is 10.7 Å². The van der Waals surface area contributed by atoms with Gasteiger partial charge in [0.1, 0.15) is 11.6 Å². The van der Waals surface area contributed by atoms with Crippen molar-refractivity contribution in [3.8, 4) is 6.07 Å². The van der Waals surface area contributed by atoms with E-state index in [-0.39, 0.29) is 27.9 Å². The van der Waals surface area contributed by atoms with Crippen LogP contribution in [0, 0.1) is 11.3 Å². The number of amides is 2. The molecule has 0 saturated heterocycles. The Balaban J connectivity index is 2.88. The predicted octanol–water partition coefficient (Wildman–Crippen LogP) is 3.63. The summed E-state index contributed by atoms with van der Waals surface area (Å²) in [6, 6.07) is 4.63. The number of hydrazine groups is 1. The second-order valence-electron chi connectivity index (χ2n) is 4.28. The van der Waals surface area contributed by atoms with Gasteiger partial charge in [0.25, 0.3) is 5.91 Å². The highest BCUT2D eigenvalue weighted by molar-refractivity contribution is 6.41. The minimum absolute atomic E-state index is 0.0943. The van der Waals surface area contributed by atoms with Crippen LogP contribution in [-0.2, 0) is 9.53 Å². The number of benzene rings is 1. The Labute approximate surface area is 153 Å². The van der Waals surface area contributed by atoms with Crippen molar-refractivity contribution in [2.75, 3.05) is 12.0 Å². The number of hydrogen-bond donors (Lipinski definition) is 3. The standard InChI is InChI=1S/C14H13Cl3N4O3/c1-3-24-14(23)19-13(22)9(6-18)7(2)20-21-12-10(16)4-8(15)5-11(12)17/h4-5,20-21H,3H2,1-2H3,(H,19,22,23). The third-order valence-electron chi connectivity index (χ3n) is 2.59. The largest absolute Gasteiger partial charge is 0.450 e. The number of rotatable bonds is 5. The van der Waals surface area contributed by atoms with Gasteiger partial charge in [0, 0.05) is 5.02 Å². The number of anilines is 1. The highest BCUT2D eigenvalue weighted by Gasteiger charge is 2.17. The third kappa shape index (κ3) is 5.49. The molecule has 0 atom stereocenters. The van der Waals surface area contributed by atoms with Crippen LogP contribution in [-0.4, -0.2) is 18.6 Å². The summed E-state index contributed by atoms with van der Waals surface area (Å²) in [6.07, 6.45) is -0.945. The maximum Gasteiger partial charge on any atom is 0.414 e. The Kier molecular flexibility index (Phi) is 7.65. The number of nitriles is 1. The van der Waals surface area contributed by atoms with Gasteiger partial charge in [0.15, 0.2) is 0 Å². The van der Waals surface area contributed by atoms with Crippen LogP contribution in [0.15, 0.2) is 23.4 Å². The first kappa shape index (κ1) is 19.9. The molecule has 128 valence electrons. The Hall–Kier alpha value is -2.14. The van der Waals surface area contributed by atoms with Crippen LogP contribution >= 0.6 is 34.8 Å². The van der Waals surface area contributed by atoms with Gasteiger partial charge in [-0.1, -0.05) is 34.8 Å². The number of carbonyl (C=O) groups is 2. The number of allylic oxidation sites excluding steroid dienone is 1. The Bertz CT molecular complexity index is 705. The molecule has 1 rings (SSSR count). The molecule has 0 saturated carbocycles. The fraction of sp³-hybridized carbons (Fsp3) is 0.214. The van der Waals surface area contributed by atoms with Crippen LogP contribution in [0.1, 0.15) is 13.8 Å². The van der Waals surface area contributed by atoms with E-state index in [0.717, 1.165) is 0 Å². The van der Waals surface area contributed by atoms with Crippen LogP contribution < -0.4 is 16.2 Å². The summed E-state index contributed by atoms with van der Waals surface area (Å²) < 4.78 is 4.57. The number of ether oxygens (including phenoxy) is 1. The minimum Gasteiger partial charge on any atom is -0.450 e. The van der Waals surface area contributed by atoms with E-state index < -0.39 is 12.0 Å². The molecule has 0 spiro atoms. The van der Waals surface area contributed by atoms with Gasteiger partial charge in [0.05, 0.1) is 28.0 Å². The Morgan fingerprint density at radius 2 is 1.83 bits per heavy atom. The average Bonchev–Trinajstić information content (AvgIpc) is 2.46. The molecule has 24 heavy (non-hydrogen) atoms. The highest BCUT2D eigenvalue weighted by atomic mass is 35.5. The summed E-state index contributed by atoms with van der Waals surface area (Å²) in [6.45, 7) is 3.13. The van der Waals surface area contributed by atoms with Gasteiger partial charge < -0.3 is 10.2 Å². The smallest absolute Gasteiger partial charge is 0.414 e. The predicted molar refractivity (Wildman–Crippen MR) is 91.7 cm³/mol. The van der Waals surface area contributed by atoms with Crippen LogP contribution in [0.5, 0.6) is 0 Å². The second-order valence-corrected chi connectivity index (χ2v) is 5.53. The van der Waals surface area contributed by atoms with Gasteiger partial charge in [-0.2, -0.15) is 5.26 Å². The number of halogens is 3. The van der Waals surface area contributed by atoms with Crippen LogP contribution in [0.2, 0.25) is 15.1 Å². The fourth-order valence-corrected chi connectivity index (χ4v) is 2.42. The second kappa shape index (κ2) is 9.23. The molecule has 2 amide bonds. The summed E-state index contributed by atoms with van der Waals surface area (Å²) in [7, 11) is 0. The first-order chi connectivity index (χ1) is 11.3. The van der Waals surface area contributed by atoms with Gasteiger partial charge in [-0.05, 0) is 26.0 Å². The number of alkyl carbamates (subject to hydrolysis) is 1. The Morgan fingerprint density at radius 1 is 1.25 bits per heavy atom. The number of imide groups is 1. The molecule has 7 nitrogen and oxygen atoms in total. The molecule has 0 radical (unpaired) electrons. The molecule has 1 aromatic rings. The van der Waals surface area contributed by atoms with E-state index in [4.69, 9.17) is 40.1 Å². The topological polar surface area (TPSA) is 103 Å². The first-order valence-corrected chi connectivity index (χ1v) is 7.69. The maximum atomic E-state index is 11.9. The molecule has 0 aliphatic carbocycles. The van der Waals surface area contributed by atoms with Crippen molar-refractivity contribution < 1.29 is 14.3 Å². The summed E-state index contributed by atoms with van der Waals surface area (Å²) in [5.41, 5.74) is 5.43. The molecule has 10 heteroatoms. The van der Waals surface area contributed by atoms with Crippen molar-refractivity contribution in [1.82, 2.24) is 10.7 Å². The molecule has 3 N–H and O–H groups in total. The normalized spacial score (nSPS) is 11.0. The lowest BCUT2D eigenvalue weighted by atomic mass is 10.2. The summed E-state index contributed by atoms with van der Waals surface area (Å²) in [5.74, 6) is -0.906. The van der Waals surface area contributed by atoms with E-state index in [1.54, 1.807) is 13.0 Å². The van der Waals surface area contributed by atoms with Crippen LogP contribution in [0.3, 0.4) is 0 Å². The van der Waals surface area contributed by atoms with Crippen molar-refractivity contribution in [3.63, 3.8) is 0 Å². The highest BCUT2D eigenvalue weighted by Crippen LogP contribution is 2.33. The molecular formula is C14H13Cl3N4O3. The van der Waals surface area contributed by atoms with Gasteiger partial charge in [-0.15, -0.1) is 0 Å². The minimum atomic E-state index is -0.945. The fourth-order valence-electron chi connectivity index (χ4n) is 1.51. The zero-order valence-corrected chi connectivity index (χ0v) is 14.9. The summed E-state index contributed by atoms with van der Waals surface area (Å²) >= 11 is 17.8. The van der Waals surface area contributed by atoms with Crippen molar-refractivity contribution in [1.29, 1.82) is 5.26 Å².